The lowest BCUT2D eigenvalue weighted by Gasteiger charge is -2.20. The third-order valence-corrected chi connectivity index (χ3v) is 5.04. The van der Waals surface area contributed by atoms with Crippen molar-refractivity contribution in [3.63, 3.8) is 0 Å². The summed E-state index contributed by atoms with van der Waals surface area (Å²) < 4.78 is 10.5. The van der Waals surface area contributed by atoms with Crippen LogP contribution in [0.3, 0.4) is 0 Å². The van der Waals surface area contributed by atoms with Crippen LogP contribution in [0.25, 0.3) is 11.1 Å². The van der Waals surface area contributed by atoms with E-state index in [9.17, 15) is 19.5 Å². The predicted molar refractivity (Wildman–Crippen MR) is 115 cm³/mol. The lowest BCUT2D eigenvalue weighted by Crippen LogP contribution is -2.36. The Labute approximate surface area is 181 Å². The van der Waals surface area contributed by atoms with E-state index in [0.717, 1.165) is 22.3 Å². The highest BCUT2D eigenvalue weighted by atomic mass is 16.6. The molecule has 0 fully saturated rings. The van der Waals surface area contributed by atoms with Crippen molar-refractivity contribution in [3.8, 4) is 11.1 Å². The van der Waals surface area contributed by atoms with Gasteiger partial charge in [0.1, 0.15) is 12.2 Å². The minimum absolute atomic E-state index is 0.0178. The average molecular weight is 425 g/mol. The maximum absolute atomic E-state index is 12.5. The van der Waals surface area contributed by atoms with Gasteiger partial charge in [0.15, 0.2) is 5.92 Å². The highest BCUT2D eigenvalue weighted by molar-refractivity contribution is 5.94. The van der Waals surface area contributed by atoms with Crippen LogP contribution in [-0.4, -0.2) is 41.9 Å². The van der Waals surface area contributed by atoms with Crippen LogP contribution in [0.5, 0.6) is 0 Å². The van der Waals surface area contributed by atoms with Crippen molar-refractivity contribution >= 4 is 18.0 Å². The maximum Gasteiger partial charge on any atom is 0.407 e. The molecule has 164 valence electrons. The van der Waals surface area contributed by atoms with E-state index in [-0.39, 0.29) is 25.5 Å². The molecule has 7 heteroatoms. The number of hydrogen-bond donors (Lipinski definition) is 2. The van der Waals surface area contributed by atoms with E-state index in [4.69, 9.17) is 9.47 Å². The molecule has 3 rings (SSSR count). The van der Waals surface area contributed by atoms with Crippen LogP contribution in [0.1, 0.15) is 44.2 Å². The van der Waals surface area contributed by atoms with E-state index in [1.165, 1.54) is 0 Å². The SMILES string of the molecule is CC(C)(C)OC(=O)NCCC(C(=O)O)C(=O)OCC1c2ccccc2-c2ccccc21. The first kappa shape index (κ1) is 22.3. The van der Waals surface area contributed by atoms with E-state index >= 15 is 0 Å². The summed E-state index contributed by atoms with van der Waals surface area (Å²) in [4.78, 5) is 35.8. The number of esters is 1. The summed E-state index contributed by atoms with van der Waals surface area (Å²) >= 11 is 0. The van der Waals surface area contributed by atoms with Crippen LogP contribution in [0.2, 0.25) is 0 Å². The Balaban J connectivity index is 1.61. The number of alkyl carbamates (subject to hydrolysis) is 1. The molecule has 2 aromatic rings. The van der Waals surface area contributed by atoms with Crippen molar-refractivity contribution in [2.75, 3.05) is 13.2 Å². The summed E-state index contributed by atoms with van der Waals surface area (Å²) in [5.74, 6) is -3.63. The summed E-state index contributed by atoms with van der Waals surface area (Å²) in [5.41, 5.74) is 3.62. The number of carbonyl (C=O) groups excluding carboxylic acids is 2. The molecule has 0 bridgehead atoms. The molecule has 2 aromatic carbocycles. The molecule has 0 saturated heterocycles. The number of carbonyl (C=O) groups is 3. The summed E-state index contributed by atoms with van der Waals surface area (Å²) in [5, 5.41) is 11.9. The Kier molecular flexibility index (Phi) is 6.63. The number of aliphatic carboxylic acids is 1. The lowest BCUT2D eigenvalue weighted by atomic mass is 9.98. The quantitative estimate of drug-likeness (QED) is 0.514. The van der Waals surface area contributed by atoms with Crippen molar-refractivity contribution in [1.29, 1.82) is 0 Å². The van der Waals surface area contributed by atoms with Crippen molar-refractivity contribution in [2.24, 2.45) is 5.92 Å². The molecule has 31 heavy (non-hydrogen) atoms. The van der Waals surface area contributed by atoms with E-state index in [0.29, 0.717) is 0 Å². The van der Waals surface area contributed by atoms with Crippen LogP contribution < -0.4 is 5.32 Å². The van der Waals surface area contributed by atoms with Crippen molar-refractivity contribution < 1.29 is 29.0 Å². The zero-order valence-corrected chi connectivity index (χ0v) is 17.9. The molecule has 1 amide bonds. The molecule has 0 radical (unpaired) electrons. The molecule has 1 aliphatic carbocycles. The van der Waals surface area contributed by atoms with Gasteiger partial charge in [-0.25, -0.2) is 4.79 Å². The summed E-state index contributed by atoms with van der Waals surface area (Å²) in [6.07, 6.45) is -0.755. The minimum atomic E-state index is -1.37. The summed E-state index contributed by atoms with van der Waals surface area (Å²) in [6, 6.07) is 15.8. The Morgan fingerprint density at radius 2 is 1.55 bits per heavy atom. The first-order valence-corrected chi connectivity index (χ1v) is 10.2. The van der Waals surface area contributed by atoms with Crippen molar-refractivity contribution in [3.05, 3.63) is 59.7 Å². The number of carboxylic acid groups (broad SMARTS) is 1. The Bertz CT molecular complexity index is 933. The number of benzene rings is 2. The molecule has 1 atom stereocenters. The third kappa shape index (κ3) is 5.42. The maximum atomic E-state index is 12.5. The summed E-state index contributed by atoms with van der Waals surface area (Å²) in [6.45, 7) is 5.21. The van der Waals surface area contributed by atoms with Gasteiger partial charge in [0, 0.05) is 12.5 Å². The van der Waals surface area contributed by atoms with Gasteiger partial charge in [0.05, 0.1) is 0 Å². The highest BCUT2D eigenvalue weighted by Crippen LogP contribution is 2.44. The van der Waals surface area contributed by atoms with Crippen LogP contribution in [-0.2, 0) is 19.1 Å². The highest BCUT2D eigenvalue weighted by Gasteiger charge is 2.32. The standard InChI is InChI=1S/C24H27NO6/c1-24(2,3)31-23(29)25-13-12-19(21(26)27)22(28)30-14-20-17-10-6-4-8-15(17)16-9-5-7-11-18(16)20/h4-11,19-20H,12-14H2,1-3H3,(H,25,29)(H,26,27). The zero-order chi connectivity index (χ0) is 22.6. The van der Waals surface area contributed by atoms with E-state index in [1.807, 2.05) is 48.5 Å². The molecule has 0 heterocycles. The molecule has 0 saturated carbocycles. The van der Waals surface area contributed by atoms with Crippen LogP contribution in [0, 0.1) is 5.92 Å². The largest absolute Gasteiger partial charge is 0.481 e. The molecule has 0 aliphatic heterocycles. The molecular formula is C24H27NO6. The van der Waals surface area contributed by atoms with Gasteiger partial charge in [-0.15, -0.1) is 0 Å². The summed E-state index contributed by atoms with van der Waals surface area (Å²) in [7, 11) is 0. The predicted octanol–water partition coefficient (Wildman–Crippen LogP) is 3.96. The van der Waals surface area contributed by atoms with Crippen LogP contribution >= 0.6 is 0 Å². The number of carboxylic acids is 1. The third-order valence-electron chi connectivity index (χ3n) is 5.04. The molecule has 7 nitrogen and oxygen atoms in total. The lowest BCUT2D eigenvalue weighted by molar-refractivity contribution is -0.159. The number of fused-ring (bicyclic) bond motifs is 3. The van der Waals surface area contributed by atoms with Gasteiger partial charge in [-0.2, -0.15) is 0 Å². The molecule has 0 aromatic heterocycles. The topological polar surface area (TPSA) is 102 Å². The van der Waals surface area contributed by atoms with Gasteiger partial charge in [0.2, 0.25) is 0 Å². The number of rotatable bonds is 7. The number of ether oxygens (including phenoxy) is 2. The van der Waals surface area contributed by atoms with Gasteiger partial charge < -0.3 is 19.9 Å². The monoisotopic (exact) mass is 425 g/mol. The number of nitrogens with one attached hydrogen (secondary N) is 1. The van der Waals surface area contributed by atoms with E-state index in [2.05, 4.69) is 5.32 Å². The number of hydrogen-bond acceptors (Lipinski definition) is 5. The van der Waals surface area contributed by atoms with Crippen LogP contribution in [0.4, 0.5) is 4.79 Å². The second-order valence-corrected chi connectivity index (χ2v) is 8.47. The van der Waals surface area contributed by atoms with Crippen LogP contribution in [0.15, 0.2) is 48.5 Å². The Hall–Kier alpha value is -3.35. The fourth-order valence-corrected chi connectivity index (χ4v) is 3.68. The van der Waals surface area contributed by atoms with Gasteiger partial charge in [0.25, 0.3) is 0 Å². The molecule has 1 unspecified atom stereocenters. The zero-order valence-electron chi connectivity index (χ0n) is 17.9. The normalized spacial score (nSPS) is 13.6. The smallest absolute Gasteiger partial charge is 0.407 e. The van der Waals surface area contributed by atoms with Crippen molar-refractivity contribution in [1.82, 2.24) is 5.32 Å². The molecule has 2 N–H and O–H groups in total. The first-order valence-electron chi connectivity index (χ1n) is 10.2. The molecular weight excluding hydrogens is 398 g/mol. The fourth-order valence-electron chi connectivity index (χ4n) is 3.68. The number of amides is 1. The first-order chi connectivity index (χ1) is 14.7. The van der Waals surface area contributed by atoms with Gasteiger partial charge in [-0.1, -0.05) is 48.5 Å². The second kappa shape index (κ2) is 9.20. The van der Waals surface area contributed by atoms with Gasteiger partial charge in [-0.3, -0.25) is 9.59 Å². The van der Waals surface area contributed by atoms with E-state index < -0.39 is 29.6 Å². The second-order valence-electron chi connectivity index (χ2n) is 8.47. The Morgan fingerprint density at radius 1 is 1.00 bits per heavy atom. The van der Waals surface area contributed by atoms with Gasteiger partial charge >= 0.3 is 18.0 Å². The molecule has 1 aliphatic rings. The average Bonchev–Trinajstić information content (AvgIpc) is 3.02. The van der Waals surface area contributed by atoms with E-state index in [1.54, 1.807) is 20.8 Å². The Morgan fingerprint density at radius 3 is 2.06 bits per heavy atom. The molecule has 0 spiro atoms. The van der Waals surface area contributed by atoms with Crippen molar-refractivity contribution in [2.45, 2.75) is 38.7 Å². The minimum Gasteiger partial charge on any atom is -0.481 e. The van der Waals surface area contributed by atoms with Gasteiger partial charge in [-0.05, 0) is 49.4 Å². The fraction of sp³-hybridized carbons (Fsp3) is 0.375.